The van der Waals surface area contributed by atoms with Gasteiger partial charge in [-0.15, -0.1) is 11.8 Å². The van der Waals surface area contributed by atoms with Crippen LogP contribution in [0.5, 0.6) is 0 Å². The molecule has 30 heavy (non-hydrogen) atoms. The van der Waals surface area contributed by atoms with Crippen molar-refractivity contribution in [1.82, 2.24) is 10.2 Å². The highest BCUT2D eigenvalue weighted by molar-refractivity contribution is 8.13. The Morgan fingerprint density at radius 2 is 2.03 bits per heavy atom. The van der Waals surface area contributed by atoms with Crippen molar-refractivity contribution in [2.45, 2.75) is 12.3 Å². The lowest BCUT2D eigenvalue weighted by Crippen LogP contribution is -2.25. The summed E-state index contributed by atoms with van der Waals surface area (Å²) in [6.07, 6.45) is 1.74. The summed E-state index contributed by atoms with van der Waals surface area (Å²) < 4.78 is 5.76. The number of nitrogens with zero attached hydrogens (tertiary/aromatic N) is 3. The van der Waals surface area contributed by atoms with Crippen molar-refractivity contribution in [2.75, 3.05) is 39.2 Å². The summed E-state index contributed by atoms with van der Waals surface area (Å²) in [4.78, 5) is 28.9. The molecule has 0 fully saturated rings. The van der Waals surface area contributed by atoms with Gasteiger partial charge in [-0.05, 0) is 50.7 Å². The van der Waals surface area contributed by atoms with Gasteiger partial charge >= 0.3 is 0 Å². The van der Waals surface area contributed by atoms with Gasteiger partial charge in [-0.1, -0.05) is 6.07 Å². The second-order valence-electron chi connectivity index (χ2n) is 6.67. The predicted molar refractivity (Wildman–Crippen MR) is 124 cm³/mol. The molecular formula is C20H26N4O4S2. The monoisotopic (exact) mass is 450 g/mol. The largest absolute Gasteiger partial charge is 0.464 e. The number of rotatable bonds is 11. The number of carbonyl (C=O) groups is 1. The lowest BCUT2D eigenvalue weighted by Gasteiger charge is -2.07. The van der Waals surface area contributed by atoms with Crippen LogP contribution in [0.25, 0.3) is 0 Å². The summed E-state index contributed by atoms with van der Waals surface area (Å²) in [5, 5.41) is 14.0. The van der Waals surface area contributed by atoms with Gasteiger partial charge in [-0.3, -0.25) is 14.9 Å². The van der Waals surface area contributed by atoms with Crippen molar-refractivity contribution in [3.63, 3.8) is 0 Å². The number of thioether (sulfide) groups is 2. The van der Waals surface area contributed by atoms with Crippen LogP contribution in [-0.4, -0.2) is 60.0 Å². The molecule has 0 unspecified atom stereocenters. The number of hydrogen-bond acceptors (Lipinski definition) is 8. The fourth-order valence-corrected chi connectivity index (χ4v) is 3.70. The Hall–Kier alpha value is -2.30. The van der Waals surface area contributed by atoms with Gasteiger partial charge < -0.3 is 14.6 Å². The number of benzene rings is 1. The van der Waals surface area contributed by atoms with Crippen LogP contribution in [0.3, 0.4) is 0 Å². The molecule has 1 amide bonds. The van der Waals surface area contributed by atoms with Crippen molar-refractivity contribution >= 4 is 40.2 Å². The van der Waals surface area contributed by atoms with Gasteiger partial charge in [0.25, 0.3) is 12.5 Å². The molecule has 0 bridgehead atoms. The first-order valence-electron chi connectivity index (χ1n) is 9.29. The summed E-state index contributed by atoms with van der Waals surface area (Å²) in [5.74, 6) is 3.18. The third-order valence-electron chi connectivity index (χ3n) is 3.83. The van der Waals surface area contributed by atoms with Crippen LogP contribution in [-0.2, 0) is 12.3 Å². The maximum absolute atomic E-state index is 12.4. The van der Waals surface area contributed by atoms with Crippen molar-refractivity contribution in [3.8, 4) is 0 Å². The van der Waals surface area contributed by atoms with Gasteiger partial charge in [0, 0.05) is 22.8 Å². The van der Waals surface area contributed by atoms with Gasteiger partial charge in [0.15, 0.2) is 0 Å². The van der Waals surface area contributed by atoms with E-state index in [4.69, 9.17) is 4.42 Å². The molecule has 1 aromatic heterocycles. The molecule has 0 aliphatic rings. The van der Waals surface area contributed by atoms with Crippen LogP contribution < -0.4 is 5.32 Å². The van der Waals surface area contributed by atoms with E-state index in [-0.39, 0.29) is 12.5 Å². The van der Waals surface area contributed by atoms with E-state index in [0.717, 1.165) is 29.6 Å². The van der Waals surface area contributed by atoms with E-state index in [2.05, 4.69) is 15.2 Å². The lowest BCUT2D eigenvalue weighted by molar-refractivity contribution is -0.462. The minimum atomic E-state index is -0.421. The van der Waals surface area contributed by atoms with E-state index in [1.807, 2.05) is 26.2 Å². The fourth-order valence-electron chi connectivity index (χ4n) is 2.52. The highest BCUT2D eigenvalue weighted by Gasteiger charge is 2.09. The van der Waals surface area contributed by atoms with Crippen LogP contribution in [0.2, 0.25) is 0 Å². The van der Waals surface area contributed by atoms with E-state index in [9.17, 15) is 14.9 Å². The molecule has 0 aliphatic heterocycles. The first kappa shape index (κ1) is 24.0. The summed E-state index contributed by atoms with van der Waals surface area (Å²) in [6.45, 7) is 0.967. The smallest absolute Gasteiger partial charge is 0.251 e. The number of nitro groups is 1. The maximum Gasteiger partial charge on any atom is 0.251 e. The van der Waals surface area contributed by atoms with E-state index >= 15 is 0 Å². The average molecular weight is 451 g/mol. The number of aliphatic imine (C=N–C) groups is 1. The molecule has 162 valence electrons. The van der Waals surface area contributed by atoms with E-state index in [1.165, 1.54) is 11.8 Å². The van der Waals surface area contributed by atoms with Gasteiger partial charge in [-0.2, -0.15) is 11.8 Å². The average Bonchev–Trinajstić information content (AvgIpc) is 3.13. The molecule has 2 aromatic rings. The highest BCUT2D eigenvalue weighted by atomic mass is 32.2. The molecule has 0 radical (unpaired) electrons. The molecule has 1 N–H and O–H groups in total. The Kier molecular flexibility index (Phi) is 9.92. The molecule has 0 saturated carbocycles. The van der Waals surface area contributed by atoms with Crippen LogP contribution >= 0.6 is 23.5 Å². The molecular weight excluding hydrogens is 424 g/mol. The van der Waals surface area contributed by atoms with Gasteiger partial charge in [-0.25, -0.2) is 4.99 Å². The predicted octanol–water partition coefficient (Wildman–Crippen LogP) is 3.67. The van der Waals surface area contributed by atoms with E-state index < -0.39 is 4.92 Å². The van der Waals surface area contributed by atoms with E-state index in [1.54, 1.807) is 42.3 Å². The number of amides is 1. The second-order valence-corrected chi connectivity index (χ2v) is 8.65. The summed E-state index contributed by atoms with van der Waals surface area (Å²) in [6, 6.07) is 10.7. The normalized spacial score (nSPS) is 11.7. The quantitative estimate of drug-likeness (QED) is 0.183. The number of hydrogen-bond donors (Lipinski definition) is 1. The van der Waals surface area contributed by atoms with Crippen LogP contribution in [0.1, 0.15) is 21.9 Å². The molecule has 1 heterocycles. The fraction of sp³-hybridized carbons (Fsp3) is 0.400. The van der Waals surface area contributed by atoms with Crippen molar-refractivity contribution < 1.29 is 14.1 Å². The minimum absolute atomic E-state index is 0.195. The molecule has 10 heteroatoms. The number of nitrogens with one attached hydrogen (secondary N) is 1. The minimum Gasteiger partial charge on any atom is -0.464 e. The molecule has 1 aromatic carbocycles. The number of furan rings is 1. The highest BCUT2D eigenvalue weighted by Crippen LogP contribution is 2.18. The topological polar surface area (TPSA) is 101 Å². The first-order chi connectivity index (χ1) is 14.4. The zero-order chi connectivity index (χ0) is 21.9. The van der Waals surface area contributed by atoms with Crippen molar-refractivity contribution in [1.29, 1.82) is 0 Å². The Morgan fingerprint density at radius 3 is 2.73 bits per heavy atom. The van der Waals surface area contributed by atoms with Gasteiger partial charge in [0.1, 0.15) is 16.6 Å². The zero-order valence-electron chi connectivity index (χ0n) is 17.3. The summed E-state index contributed by atoms with van der Waals surface area (Å²) >= 11 is 2.91. The third kappa shape index (κ3) is 8.60. The summed E-state index contributed by atoms with van der Waals surface area (Å²) in [5.41, 5.74) is 0.997. The zero-order valence-corrected chi connectivity index (χ0v) is 18.9. The Labute approximate surface area is 184 Å². The summed E-state index contributed by atoms with van der Waals surface area (Å²) in [7, 11) is 3.99. The van der Waals surface area contributed by atoms with Gasteiger partial charge in [0.05, 0.1) is 18.0 Å². The van der Waals surface area contributed by atoms with Crippen LogP contribution in [0, 0.1) is 10.1 Å². The lowest BCUT2D eigenvalue weighted by atomic mass is 10.2. The molecule has 2 rings (SSSR count). The standard InChI is InChI=1S/C20H26N4O4S2/c1-23(2)12-17-7-8-18(28-17)14-30-10-9-21-20(25)15-5-4-6-16(11-15)22-19(29-3)13-24(26)27/h4-8,11H,9-10,12-14H2,1-3H3,(H,21,25). The maximum atomic E-state index is 12.4. The SMILES string of the molecule is CSC(C[N+](=O)[O-])=Nc1cccc(C(=O)NCCSCc2ccc(CN(C)C)o2)c1. The second kappa shape index (κ2) is 12.4. The van der Waals surface area contributed by atoms with E-state index in [0.29, 0.717) is 22.8 Å². The molecule has 0 saturated heterocycles. The molecule has 8 nitrogen and oxygen atoms in total. The Morgan fingerprint density at radius 1 is 1.27 bits per heavy atom. The number of carbonyl (C=O) groups excluding carboxylic acids is 1. The molecule has 0 atom stereocenters. The third-order valence-corrected chi connectivity index (χ3v) is 5.50. The van der Waals surface area contributed by atoms with Crippen molar-refractivity contribution in [3.05, 3.63) is 63.6 Å². The van der Waals surface area contributed by atoms with Crippen molar-refractivity contribution in [2.24, 2.45) is 4.99 Å². The Bertz CT molecular complexity index is 883. The molecule has 0 spiro atoms. The first-order valence-corrected chi connectivity index (χ1v) is 11.7. The molecule has 0 aliphatic carbocycles. The van der Waals surface area contributed by atoms with Crippen LogP contribution in [0.15, 0.2) is 45.8 Å². The van der Waals surface area contributed by atoms with Crippen LogP contribution in [0.4, 0.5) is 5.69 Å². The Balaban J connectivity index is 1.79. The van der Waals surface area contributed by atoms with Gasteiger partial charge in [0.2, 0.25) is 0 Å².